The number of fused-ring (bicyclic) bond motifs is 1. The first kappa shape index (κ1) is 17.2. The highest BCUT2D eigenvalue weighted by Gasteiger charge is 2.22. The van der Waals surface area contributed by atoms with Crippen LogP contribution in [0, 0.1) is 0 Å². The summed E-state index contributed by atoms with van der Waals surface area (Å²) < 4.78 is 11.3. The molecule has 0 saturated heterocycles. The summed E-state index contributed by atoms with van der Waals surface area (Å²) in [5, 5.41) is 4.21. The fourth-order valence-electron chi connectivity index (χ4n) is 2.95. The third-order valence-corrected chi connectivity index (χ3v) is 4.51. The predicted molar refractivity (Wildman–Crippen MR) is 108 cm³/mol. The zero-order valence-corrected chi connectivity index (χ0v) is 15.3. The van der Waals surface area contributed by atoms with Crippen LogP contribution in [-0.2, 0) is 0 Å². The molecule has 0 atom stereocenters. The highest BCUT2D eigenvalue weighted by Crippen LogP contribution is 2.36. The summed E-state index contributed by atoms with van der Waals surface area (Å²) in [4.78, 5) is 13.1. The van der Waals surface area contributed by atoms with Gasteiger partial charge in [-0.05, 0) is 42.5 Å². The maximum atomic E-state index is 13.1. The van der Waals surface area contributed by atoms with E-state index in [-0.39, 0.29) is 5.91 Å². The first-order valence-electron chi connectivity index (χ1n) is 8.38. The maximum Gasteiger partial charge on any atom is 0.260 e. The Morgan fingerprint density at radius 2 is 1.74 bits per heavy atom. The molecule has 1 N–H and O–H groups in total. The second-order valence-electron chi connectivity index (χ2n) is 6.00. The zero-order chi connectivity index (χ0) is 18.8. The Labute approximate surface area is 161 Å². The second-order valence-corrected chi connectivity index (χ2v) is 6.43. The number of anilines is 1. The van der Waals surface area contributed by atoms with Gasteiger partial charge in [-0.25, -0.2) is 0 Å². The van der Waals surface area contributed by atoms with Crippen LogP contribution in [-0.4, -0.2) is 13.0 Å². The van der Waals surface area contributed by atoms with Crippen LogP contribution >= 0.6 is 11.6 Å². The molecule has 27 heavy (non-hydrogen) atoms. The highest BCUT2D eigenvalue weighted by atomic mass is 35.5. The lowest BCUT2D eigenvalue weighted by molar-refractivity contribution is 0.102. The number of nitrogens with one attached hydrogen (secondary N) is 1. The van der Waals surface area contributed by atoms with Gasteiger partial charge in [0.25, 0.3) is 5.91 Å². The monoisotopic (exact) mass is 377 g/mol. The van der Waals surface area contributed by atoms with E-state index in [1.54, 1.807) is 37.4 Å². The van der Waals surface area contributed by atoms with Gasteiger partial charge in [-0.3, -0.25) is 4.79 Å². The quantitative estimate of drug-likeness (QED) is 0.473. The van der Waals surface area contributed by atoms with E-state index >= 15 is 0 Å². The molecule has 134 valence electrons. The average molecular weight is 378 g/mol. The standard InChI is InChI=1S/C22H16ClNO3/c1-26-17-11-12-19-18(13-17)20(21(27-19)14-5-3-2-4-6-14)22(25)24-16-9-7-15(23)8-10-16/h2-13H,1H3,(H,24,25). The van der Waals surface area contributed by atoms with E-state index in [2.05, 4.69) is 5.32 Å². The molecular formula is C22H16ClNO3. The van der Waals surface area contributed by atoms with Crippen LogP contribution in [0.15, 0.2) is 77.2 Å². The Balaban J connectivity index is 1.85. The summed E-state index contributed by atoms with van der Waals surface area (Å²) >= 11 is 5.92. The summed E-state index contributed by atoms with van der Waals surface area (Å²) in [6.07, 6.45) is 0. The van der Waals surface area contributed by atoms with Crippen molar-refractivity contribution in [2.24, 2.45) is 0 Å². The summed E-state index contributed by atoms with van der Waals surface area (Å²) in [6, 6.07) is 21.9. The van der Waals surface area contributed by atoms with E-state index in [0.717, 1.165) is 5.56 Å². The van der Waals surface area contributed by atoms with E-state index in [1.807, 2.05) is 42.5 Å². The molecule has 1 heterocycles. The van der Waals surface area contributed by atoms with Crippen molar-refractivity contribution in [3.63, 3.8) is 0 Å². The van der Waals surface area contributed by atoms with Crippen LogP contribution in [0.3, 0.4) is 0 Å². The van der Waals surface area contributed by atoms with Gasteiger partial charge >= 0.3 is 0 Å². The number of benzene rings is 3. The second kappa shape index (κ2) is 7.17. The lowest BCUT2D eigenvalue weighted by atomic mass is 10.0. The van der Waals surface area contributed by atoms with Gasteiger partial charge in [-0.1, -0.05) is 41.9 Å². The molecule has 0 fully saturated rings. The Hall–Kier alpha value is -3.24. The number of carbonyl (C=O) groups is 1. The number of ether oxygens (including phenoxy) is 1. The van der Waals surface area contributed by atoms with Crippen molar-refractivity contribution in [3.8, 4) is 17.1 Å². The Morgan fingerprint density at radius 1 is 1.00 bits per heavy atom. The Bertz CT molecular complexity index is 1100. The van der Waals surface area contributed by atoms with Gasteiger partial charge < -0.3 is 14.5 Å². The molecule has 0 aliphatic carbocycles. The highest BCUT2D eigenvalue weighted by molar-refractivity contribution is 6.30. The molecule has 0 saturated carbocycles. The van der Waals surface area contributed by atoms with Gasteiger partial charge in [-0.15, -0.1) is 0 Å². The van der Waals surface area contributed by atoms with Crippen molar-refractivity contribution in [2.75, 3.05) is 12.4 Å². The zero-order valence-electron chi connectivity index (χ0n) is 14.5. The number of carbonyl (C=O) groups excluding carboxylic acids is 1. The molecule has 5 heteroatoms. The lowest BCUT2D eigenvalue weighted by Crippen LogP contribution is -2.12. The molecule has 0 radical (unpaired) electrons. The SMILES string of the molecule is COc1ccc2oc(-c3ccccc3)c(C(=O)Nc3ccc(Cl)cc3)c2c1. The smallest absolute Gasteiger partial charge is 0.260 e. The van der Waals surface area contributed by atoms with E-state index < -0.39 is 0 Å². The number of furan rings is 1. The number of rotatable bonds is 4. The molecule has 0 unspecified atom stereocenters. The van der Waals surface area contributed by atoms with Crippen LogP contribution in [0.2, 0.25) is 5.02 Å². The average Bonchev–Trinajstić information content (AvgIpc) is 3.09. The van der Waals surface area contributed by atoms with Crippen molar-refractivity contribution in [3.05, 3.63) is 83.4 Å². The van der Waals surface area contributed by atoms with E-state index in [9.17, 15) is 4.79 Å². The van der Waals surface area contributed by atoms with Gasteiger partial charge in [0.15, 0.2) is 0 Å². The summed E-state index contributed by atoms with van der Waals surface area (Å²) in [5.41, 5.74) is 2.57. The predicted octanol–water partition coefficient (Wildman–Crippen LogP) is 6.01. The largest absolute Gasteiger partial charge is 0.497 e. The fourth-order valence-corrected chi connectivity index (χ4v) is 3.07. The van der Waals surface area contributed by atoms with Crippen molar-refractivity contribution < 1.29 is 13.9 Å². The third-order valence-electron chi connectivity index (χ3n) is 4.26. The minimum absolute atomic E-state index is 0.261. The molecular weight excluding hydrogens is 362 g/mol. The first-order chi connectivity index (χ1) is 13.2. The number of amides is 1. The number of hydrogen-bond donors (Lipinski definition) is 1. The molecule has 0 bridgehead atoms. The van der Waals surface area contributed by atoms with Crippen LogP contribution in [0.25, 0.3) is 22.3 Å². The van der Waals surface area contributed by atoms with Gasteiger partial charge in [-0.2, -0.15) is 0 Å². The van der Waals surface area contributed by atoms with Crippen molar-refractivity contribution >= 4 is 34.2 Å². The van der Waals surface area contributed by atoms with Gasteiger partial charge in [0, 0.05) is 21.7 Å². The maximum absolute atomic E-state index is 13.1. The first-order valence-corrected chi connectivity index (χ1v) is 8.76. The van der Waals surface area contributed by atoms with Gasteiger partial charge in [0.2, 0.25) is 0 Å². The topological polar surface area (TPSA) is 51.5 Å². The van der Waals surface area contributed by atoms with E-state index in [0.29, 0.717) is 38.8 Å². The fraction of sp³-hybridized carbons (Fsp3) is 0.0455. The van der Waals surface area contributed by atoms with Gasteiger partial charge in [0.1, 0.15) is 17.1 Å². The lowest BCUT2D eigenvalue weighted by Gasteiger charge is -2.07. The summed E-state index contributed by atoms with van der Waals surface area (Å²) in [5.74, 6) is 0.914. The molecule has 4 rings (SSSR count). The van der Waals surface area contributed by atoms with Gasteiger partial charge in [0.05, 0.1) is 12.7 Å². The Morgan fingerprint density at radius 3 is 2.44 bits per heavy atom. The number of halogens is 1. The summed E-state index contributed by atoms with van der Waals surface area (Å²) in [7, 11) is 1.59. The molecule has 0 aliphatic rings. The summed E-state index contributed by atoms with van der Waals surface area (Å²) in [6.45, 7) is 0. The van der Waals surface area contributed by atoms with Crippen molar-refractivity contribution in [1.29, 1.82) is 0 Å². The Kier molecular flexibility index (Phi) is 4.57. The third kappa shape index (κ3) is 3.39. The van der Waals surface area contributed by atoms with E-state index in [1.165, 1.54) is 0 Å². The minimum atomic E-state index is -0.261. The number of hydrogen-bond acceptors (Lipinski definition) is 3. The number of methoxy groups -OCH3 is 1. The van der Waals surface area contributed by atoms with Crippen molar-refractivity contribution in [2.45, 2.75) is 0 Å². The molecule has 0 aliphatic heterocycles. The van der Waals surface area contributed by atoms with Crippen LogP contribution in [0.5, 0.6) is 5.75 Å². The van der Waals surface area contributed by atoms with Crippen molar-refractivity contribution in [1.82, 2.24) is 0 Å². The van der Waals surface area contributed by atoms with Crippen LogP contribution in [0.4, 0.5) is 5.69 Å². The normalized spacial score (nSPS) is 10.7. The minimum Gasteiger partial charge on any atom is -0.497 e. The molecule has 1 amide bonds. The van der Waals surface area contributed by atoms with E-state index in [4.69, 9.17) is 20.8 Å². The molecule has 3 aromatic carbocycles. The molecule has 1 aromatic heterocycles. The molecule has 4 aromatic rings. The van der Waals surface area contributed by atoms with Crippen LogP contribution in [0.1, 0.15) is 10.4 Å². The molecule has 0 spiro atoms. The molecule has 4 nitrogen and oxygen atoms in total. The van der Waals surface area contributed by atoms with Crippen LogP contribution < -0.4 is 10.1 Å².